The molecule has 0 aromatic heterocycles. The van der Waals surface area contributed by atoms with Crippen LogP contribution >= 0.6 is 0 Å². The minimum absolute atomic E-state index is 0.0248. The molecular weight excluding hydrogens is 372 g/mol. The van der Waals surface area contributed by atoms with Gasteiger partial charge in [0.05, 0.1) is 6.61 Å². The Kier molecular flexibility index (Phi) is 6.02. The Balaban J connectivity index is 1.76. The van der Waals surface area contributed by atoms with Gasteiger partial charge in [-0.3, -0.25) is 4.79 Å². The molecule has 4 rings (SSSR count). The molecule has 0 fully saturated rings. The molecule has 0 aliphatic heterocycles. The quantitative estimate of drug-likeness (QED) is 0.587. The van der Waals surface area contributed by atoms with Crippen molar-refractivity contribution in [3.05, 3.63) is 119 Å². The zero-order chi connectivity index (χ0) is 20.8. The van der Waals surface area contributed by atoms with Crippen LogP contribution in [-0.4, -0.2) is 24.1 Å². The number of fused-ring (bicyclic) bond motifs is 1. The number of carbonyl (C=O) groups excluding carboxylic acids is 1. The first kappa shape index (κ1) is 19.6. The SMILES string of the molecule is O=C1C=Cc2cc(OCCO)ccc2/C1=C\C=C(c1ccccc1)c1ccccc1. The second kappa shape index (κ2) is 9.21. The minimum atomic E-state index is -0.0386. The first-order valence-corrected chi connectivity index (χ1v) is 9.89. The maximum Gasteiger partial charge on any atom is 0.186 e. The average Bonchev–Trinajstić information content (AvgIpc) is 2.80. The van der Waals surface area contributed by atoms with Crippen LogP contribution in [0.2, 0.25) is 0 Å². The van der Waals surface area contributed by atoms with Gasteiger partial charge in [0.2, 0.25) is 0 Å². The Morgan fingerprint density at radius 2 is 1.53 bits per heavy atom. The van der Waals surface area contributed by atoms with Gasteiger partial charge in [-0.2, -0.15) is 0 Å². The fraction of sp³-hybridized carbons (Fsp3) is 0.0741. The number of hydrogen-bond acceptors (Lipinski definition) is 3. The molecule has 30 heavy (non-hydrogen) atoms. The molecule has 0 radical (unpaired) electrons. The lowest BCUT2D eigenvalue weighted by Gasteiger charge is -2.15. The number of aliphatic hydroxyl groups is 1. The van der Waals surface area contributed by atoms with Crippen molar-refractivity contribution in [1.29, 1.82) is 0 Å². The van der Waals surface area contributed by atoms with E-state index in [0.29, 0.717) is 11.3 Å². The van der Waals surface area contributed by atoms with Crippen LogP contribution in [0.5, 0.6) is 5.75 Å². The summed E-state index contributed by atoms with van der Waals surface area (Å²) in [7, 11) is 0. The van der Waals surface area contributed by atoms with Gasteiger partial charge in [0, 0.05) is 5.57 Å². The number of hydrogen-bond donors (Lipinski definition) is 1. The smallest absolute Gasteiger partial charge is 0.186 e. The van der Waals surface area contributed by atoms with E-state index in [0.717, 1.165) is 27.8 Å². The van der Waals surface area contributed by atoms with Gasteiger partial charge < -0.3 is 9.84 Å². The molecule has 148 valence electrons. The summed E-state index contributed by atoms with van der Waals surface area (Å²) in [6.45, 7) is 0.202. The average molecular weight is 394 g/mol. The first-order valence-electron chi connectivity index (χ1n) is 9.89. The van der Waals surface area contributed by atoms with Gasteiger partial charge >= 0.3 is 0 Å². The number of aliphatic hydroxyl groups excluding tert-OH is 1. The van der Waals surface area contributed by atoms with E-state index in [4.69, 9.17) is 9.84 Å². The Labute approximate surface area is 176 Å². The molecule has 0 amide bonds. The van der Waals surface area contributed by atoms with E-state index in [2.05, 4.69) is 24.3 Å². The lowest BCUT2D eigenvalue weighted by molar-refractivity contribution is -0.109. The van der Waals surface area contributed by atoms with Crippen molar-refractivity contribution in [2.24, 2.45) is 0 Å². The van der Waals surface area contributed by atoms with Crippen LogP contribution in [0.3, 0.4) is 0 Å². The molecule has 0 atom stereocenters. The molecule has 0 saturated carbocycles. The van der Waals surface area contributed by atoms with Crippen molar-refractivity contribution in [3.8, 4) is 5.75 Å². The van der Waals surface area contributed by atoms with Gasteiger partial charge in [0.15, 0.2) is 5.78 Å². The molecule has 0 saturated heterocycles. The summed E-state index contributed by atoms with van der Waals surface area (Å²) in [5, 5.41) is 8.95. The molecule has 0 unspecified atom stereocenters. The van der Waals surface area contributed by atoms with Crippen LogP contribution in [0.4, 0.5) is 0 Å². The predicted molar refractivity (Wildman–Crippen MR) is 121 cm³/mol. The highest BCUT2D eigenvalue weighted by Crippen LogP contribution is 2.31. The first-order chi connectivity index (χ1) is 14.8. The molecule has 0 bridgehead atoms. The van der Waals surface area contributed by atoms with Crippen LogP contribution in [0.15, 0.2) is 97.1 Å². The Morgan fingerprint density at radius 1 is 0.867 bits per heavy atom. The largest absolute Gasteiger partial charge is 0.491 e. The molecule has 0 heterocycles. The van der Waals surface area contributed by atoms with Gasteiger partial charge in [-0.15, -0.1) is 0 Å². The fourth-order valence-electron chi connectivity index (χ4n) is 3.50. The normalized spacial score (nSPS) is 13.8. The van der Waals surface area contributed by atoms with Gasteiger partial charge in [0.1, 0.15) is 12.4 Å². The highest BCUT2D eigenvalue weighted by Gasteiger charge is 2.17. The zero-order valence-electron chi connectivity index (χ0n) is 16.5. The highest BCUT2D eigenvalue weighted by atomic mass is 16.5. The molecule has 3 aromatic carbocycles. The highest BCUT2D eigenvalue weighted by molar-refractivity contribution is 6.30. The van der Waals surface area contributed by atoms with Crippen molar-refractivity contribution >= 4 is 23.0 Å². The predicted octanol–water partition coefficient (Wildman–Crippen LogP) is 5.17. The van der Waals surface area contributed by atoms with Crippen molar-refractivity contribution < 1.29 is 14.6 Å². The summed E-state index contributed by atoms with van der Waals surface area (Å²) < 4.78 is 5.50. The third-order valence-corrected chi connectivity index (χ3v) is 4.94. The Bertz CT molecular complexity index is 1080. The van der Waals surface area contributed by atoms with E-state index < -0.39 is 0 Å². The monoisotopic (exact) mass is 394 g/mol. The lowest BCUT2D eigenvalue weighted by Crippen LogP contribution is -2.06. The Morgan fingerprint density at radius 3 is 2.17 bits per heavy atom. The standard InChI is InChI=1S/C27H22O3/c28-17-18-30-23-12-13-25-22(19-23)11-16-27(29)26(25)15-14-24(20-7-3-1-4-8-20)21-9-5-2-6-10-21/h1-16,19,28H,17-18H2/b26-15+. The topological polar surface area (TPSA) is 46.5 Å². The summed E-state index contributed by atoms with van der Waals surface area (Å²) in [5.41, 5.74) is 5.67. The molecule has 0 spiro atoms. The van der Waals surface area contributed by atoms with Crippen molar-refractivity contribution in [1.82, 2.24) is 0 Å². The van der Waals surface area contributed by atoms with Crippen molar-refractivity contribution in [2.45, 2.75) is 0 Å². The van der Waals surface area contributed by atoms with Crippen LogP contribution in [0.25, 0.3) is 17.2 Å². The number of ether oxygens (including phenoxy) is 1. The summed E-state index contributed by atoms with van der Waals surface area (Å²) in [4.78, 5) is 12.7. The van der Waals surface area contributed by atoms with Crippen LogP contribution in [-0.2, 0) is 4.79 Å². The van der Waals surface area contributed by atoms with E-state index in [1.807, 2.05) is 66.7 Å². The third kappa shape index (κ3) is 4.32. The molecular formula is C27H22O3. The third-order valence-electron chi connectivity index (χ3n) is 4.94. The van der Waals surface area contributed by atoms with Crippen molar-refractivity contribution in [2.75, 3.05) is 13.2 Å². The molecule has 3 heteroatoms. The van der Waals surface area contributed by atoms with Crippen LogP contribution in [0.1, 0.15) is 22.3 Å². The summed E-state index contributed by atoms with van der Waals surface area (Å²) in [5.74, 6) is 0.647. The van der Waals surface area contributed by atoms with E-state index in [9.17, 15) is 4.79 Å². The van der Waals surface area contributed by atoms with Crippen LogP contribution < -0.4 is 4.74 Å². The molecule has 1 N–H and O–H groups in total. The Hall–Kier alpha value is -3.69. The van der Waals surface area contributed by atoms with E-state index >= 15 is 0 Å². The minimum Gasteiger partial charge on any atom is -0.491 e. The number of allylic oxidation sites excluding steroid dienone is 4. The van der Waals surface area contributed by atoms with E-state index in [1.54, 1.807) is 12.2 Å². The lowest BCUT2D eigenvalue weighted by atomic mass is 9.90. The fourth-order valence-corrected chi connectivity index (χ4v) is 3.50. The van der Waals surface area contributed by atoms with Gasteiger partial charge in [-0.25, -0.2) is 0 Å². The molecule has 1 aliphatic rings. The van der Waals surface area contributed by atoms with Gasteiger partial charge in [-0.1, -0.05) is 72.8 Å². The maximum atomic E-state index is 12.7. The zero-order valence-corrected chi connectivity index (χ0v) is 16.5. The molecule has 1 aliphatic carbocycles. The second-order valence-corrected chi connectivity index (χ2v) is 6.91. The molecule has 3 nitrogen and oxygen atoms in total. The van der Waals surface area contributed by atoms with Gasteiger partial charge in [0.25, 0.3) is 0 Å². The summed E-state index contributed by atoms with van der Waals surface area (Å²) in [6.07, 6.45) is 7.30. The maximum absolute atomic E-state index is 12.7. The molecule has 3 aromatic rings. The number of carbonyl (C=O) groups is 1. The second-order valence-electron chi connectivity index (χ2n) is 6.91. The summed E-state index contributed by atoms with van der Waals surface area (Å²) in [6, 6.07) is 25.9. The summed E-state index contributed by atoms with van der Waals surface area (Å²) >= 11 is 0. The van der Waals surface area contributed by atoms with E-state index in [-0.39, 0.29) is 19.0 Å². The van der Waals surface area contributed by atoms with Crippen LogP contribution in [0, 0.1) is 0 Å². The number of ketones is 1. The number of benzene rings is 3. The van der Waals surface area contributed by atoms with E-state index in [1.165, 1.54) is 0 Å². The van der Waals surface area contributed by atoms with Gasteiger partial charge in [-0.05, 0) is 58.2 Å². The number of rotatable bonds is 6. The van der Waals surface area contributed by atoms with Crippen molar-refractivity contribution in [3.63, 3.8) is 0 Å².